The summed E-state index contributed by atoms with van der Waals surface area (Å²) in [4.78, 5) is 13.5. The molecule has 2 N–H and O–H groups in total. The molecule has 0 bridgehead atoms. The molecule has 1 aromatic heterocycles. The Hall–Kier alpha value is -1.92. The minimum absolute atomic E-state index is 0.216. The van der Waals surface area contributed by atoms with Crippen molar-refractivity contribution in [2.24, 2.45) is 0 Å². The van der Waals surface area contributed by atoms with Crippen molar-refractivity contribution in [3.05, 3.63) is 51.4 Å². The van der Waals surface area contributed by atoms with Gasteiger partial charge in [-0.3, -0.25) is 0 Å². The SMILES string of the molecule is COC(=O)c1c(NC(=S)NC2CCCc3ccccc32)sc2c1CCC2. The van der Waals surface area contributed by atoms with E-state index in [4.69, 9.17) is 17.0 Å². The molecule has 0 aliphatic heterocycles. The Morgan fingerprint density at radius 3 is 2.92 bits per heavy atom. The molecular formula is C20H22N2O2S2. The van der Waals surface area contributed by atoms with Crippen LogP contribution >= 0.6 is 23.6 Å². The maximum atomic E-state index is 12.3. The molecule has 1 unspecified atom stereocenters. The van der Waals surface area contributed by atoms with Gasteiger partial charge in [0.05, 0.1) is 18.7 Å². The highest BCUT2D eigenvalue weighted by molar-refractivity contribution is 7.80. The molecule has 1 aromatic carbocycles. The Labute approximate surface area is 163 Å². The van der Waals surface area contributed by atoms with Crippen LogP contribution in [-0.2, 0) is 24.0 Å². The molecule has 2 aliphatic rings. The van der Waals surface area contributed by atoms with E-state index in [2.05, 4.69) is 34.9 Å². The van der Waals surface area contributed by atoms with Gasteiger partial charge in [-0.15, -0.1) is 11.3 Å². The summed E-state index contributed by atoms with van der Waals surface area (Å²) < 4.78 is 5.00. The second-order valence-corrected chi connectivity index (χ2v) is 8.31. The molecule has 2 aliphatic carbocycles. The second-order valence-electron chi connectivity index (χ2n) is 6.80. The molecule has 0 amide bonds. The summed E-state index contributed by atoms with van der Waals surface area (Å²) in [6.45, 7) is 0. The number of rotatable bonds is 3. The van der Waals surface area contributed by atoms with E-state index >= 15 is 0 Å². The number of carbonyl (C=O) groups is 1. The largest absolute Gasteiger partial charge is 0.465 e. The van der Waals surface area contributed by atoms with Crippen molar-refractivity contribution < 1.29 is 9.53 Å². The molecule has 0 spiro atoms. The van der Waals surface area contributed by atoms with Crippen molar-refractivity contribution in [2.45, 2.75) is 44.6 Å². The molecule has 26 heavy (non-hydrogen) atoms. The van der Waals surface area contributed by atoms with Gasteiger partial charge in [0.2, 0.25) is 0 Å². The first-order chi connectivity index (χ1) is 12.7. The topological polar surface area (TPSA) is 50.4 Å². The van der Waals surface area contributed by atoms with Gasteiger partial charge in [-0.2, -0.15) is 0 Å². The minimum Gasteiger partial charge on any atom is -0.465 e. The van der Waals surface area contributed by atoms with Crippen LogP contribution < -0.4 is 10.6 Å². The highest BCUT2D eigenvalue weighted by atomic mass is 32.1. The van der Waals surface area contributed by atoms with Crippen LogP contribution in [0, 0.1) is 0 Å². The summed E-state index contributed by atoms with van der Waals surface area (Å²) in [5.74, 6) is -0.280. The van der Waals surface area contributed by atoms with E-state index in [1.54, 1.807) is 11.3 Å². The van der Waals surface area contributed by atoms with E-state index in [0.717, 1.165) is 49.1 Å². The third-order valence-corrected chi connectivity index (χ3v) is 6.64. The molecule has 136 valence electrons. The lowest BCUT2D eigenvalue weighted by Gasteiger charge is -2.27. The fourth-order valence-electron chi connectivity index (χ4n) is 4.01. The van der Waals surface area contributed by atoms with Gasteiger partial charge >= 0.3 is 5.97 Å². The maximum absolute atomic E-state index is 12.3. The normalized spacial score (nSPS) is 18.0. The van der Waals surface area contributed by atoms with Crippen LogP contribution in [0.4, 0.5) is 5.00 Å². The van der Waals surface area contributed by atoms with Crippen molar-refractivity contribution in [3.8, 4) is 0 Å². The van der Waals surface area contributed by atoms with Crippen LogP contribution in [0.3, 0.4) is 0 Å². The summed E-state index contributed by atoms with van der Waals surface area (Å²) in [5.41, 5.74) is 4.52. The predicted octanol–water partition coefficient (Wildman–Crippen LogP) is 4.39. The lowest BCUT2D eigenvalue weighted by Crippen LogP contribution is -2.34. The van der Waals surface area contributed by atoms with Gasteiger partial charge in [0.1, 0.15) is 5.00 Å². The molecule has 0 radical (unpaired) electrons. The first-order valence-electron chi connectivity index (χ1n) is 9.05. The van der Waals surface area contributed by atoms with Crippen LogP contribution in [0.15, 0.2) is 24.3 Å². The van der Waals surface area contributed by atoms with Crippen LogP contribution in [0.25, 0.3) is 0 Å². The highest BCUT2D eigenvalue weighted by Gasteiger charge is 2.28. The van der Waals surface area contributed by atoms with Crippen LogP contribution in [0.2, 0.25) is 0 Å². The molecule has 0 saturated carbocycles. The molecule has 6 heteroatoms. The van der Waals surface area contributed by atoms with E-state index in [-0.39, 0.29) is 12.0 Å². The quantitative estimate of drug-likeness (QED) is 0.605. The average molecular weight is 387 g/mol. The Morgan fingerprint density at radius 2 is 2.08 bits per heavy atom. The van der Waals surface area contributed by atoms with Crippen LogP contribution in [0.5, 0.6) is 0 Å². The number of thiophene rings is 1. The highest BCUT2D eigenvalue weighted by Crippen LogP contribution is 2.39. The number of nitrogens with one attached hydrogen (secondary N) is 2. The van der Waals surface area contributed by atoms with Gasteiger partial charge in [0.25, 0.3) is 0 Å². The fourth-order valence-corrected chi connectivity index (χ4v) is 5.60. The van der Waals surface area contributed by atoms with Gasteiger partial charge in [-0.05, 0) is 67.4 Å². The summed E-state index contributed by atoms with van der Waals surface area (Å²) in [7, 11) is 1.43. The Balaban J connectivity index is 1.52. The van der Waals surface area contributed by atoms with E-state index < -0.39 is 0 Å². The molecule has 4 nitrogen and oxygen atoms in total. The lowest BCUT2D eigenvalue weighted by atomic mass is 9.88. The molecule has 0 fully saturated rings. The summed E-state index contributed by atoms with van der Waals surface area (Å²) in [6.07, 6.45) is 6.41. The predicted molar refractivity (Wildman–Crippen MR) is 109 cm³/mol. The monoisotopic (exact) mass is 386 g/mol. The van der Waals surface area contributed by atoms with Crippen molar-refractivity contribution in [2.75, 3.05) is 12.4 Å². The fraction of sp³-hybridized carbons (Fsp3) is 0.400. The smallest absolute Gasteiger partial charge is 0.341 e. The molecule has 1 atom stereocenters. The number of methoxy groups -OCH3 is 1. The van der Waals surface area contributed by atoms with Crippen molar-refractivity contribution in [1.82, 2.24) is 5.32 Å². The standard InChI is InChI=1S/C20H22N2O2S2/c1-24-19(23)17-14-9-5-11-16(14)26-18(17)22-20(25)21-15-10-4-7-12-6-2-3-8-13(12)15/h2-3,6,8,15H,4-5,7,9-11H2,1H3,(H2,21,22,25). The number of thiocarbonyl (C=S) groups is 1. The second kappa shape index (κ2) is 7.37. The number of ether oxygens (including phenoxy) is 1. The van der Waals surface area contributed by atoms with Gasteiger partial charge in [0.15, 0.2) is 5.11 Å². The number of hydrogen-bond acceptors (Lipinski definition) is 4. The third kappa shape index (κ3) is 3.23. The number of anilines is 1. The minimum atomic E-state index is -0.280. The first kappa shape index (κ1) is 17.5. The zero-order valence-corrected chi connectivity index (χ0v) is 16.4. The number of aryl methyl sites for hydroxylation is 2. The van der Waals surface area contributed by atoms with Crippen LogP contribution in [0.1, 0.15) is 57.2 Å². The van der Waals surface area contributed by atoms with E-state index in [9.17, 15) is 4.79 Å². The zero-order chi connectivity index (χ0) is 18.1. The molecular weight excluding hydrogens is 364 g/mol. The number of esters is 1. The zero-order valence-electron chi connectivity index (χ0n) is 14.8. The van der Waals surface area contributed by atoms with Gasteiger partial charge in [-0.25, -0.2) is 4.79 Å². The molecule has 0 saturated heterocycles. The van der Waals surface area contributed by atoms with E-state index in [0.29, 0.717) is 10.7 Å². The van der Waals surface area contributed by atoms with Gasteiger partial charge < -0.3 is 15.4 Å². The third-order valence-electron chi connectivity index (χ3n) is 5.21. The summed E-state index contributed by atoms with van der Waals surface area (Å²) in [5, 5.41) is 8.09. The number of carbonyl (C=O) groups excluding carboxylic acids is 1. The van der Waals surface area contributed by atoms with Crippen molar-refractivity contribution in [1.29, 1.82) is 0 Å². The number of fused-ring (bicyclic) bond motifs is 2. The molecule has 4 rings (SSSR count). The molecule has 2 aromatic rings. The lowest BCUT2D eigenvalue weighted by molar-refractivity contribution is 0.0601. The average Bonchev–Trinajstić information content (AvgIpc) is 3.22. The Kier molecular flexibility index (Phi) is 4.96. The maximum Gasteiger partial charge on any atom is 0.341 e. The van der Waals surface area contributed by atoms with Crippen molar-refractivity contribution >= 4 is 39.6 Å². The van der Waals surface area contributed by atoms with Gasteiger partial charge in [0, 0.05) is 4.88 Å². The Bertz CT molecular complexity index is 859. The van der Waals surface area contributed by atoms with E-state index in [1.807, 2.05) is 0 Å². The van der Waals surface area contributed by atoms with Crippen molar-refractivity contribution in [3.63, 3.8) is 0 Å². The van der Waals surface area contributed by atoms with Gasteiger partial charge in [-0.1, -0.05) is 24.3 Å². The number of hydrogen-bond donors (Lipinski definition) is 2. The Morgan fingerprint density at radius 1 is 1.23 bits per heavy atom. The summed E-state index contributed by atoms with van der Waals surface area (Å²) in [6, 6.07) is 8.75. The van der Waals surface area contributed by atoms with E-state index in [1.165, 1.54) is 23.1 Å². The number of benzene rings is 1. The first-order valence-corrected chi connectivity index (χ1v) is 10.3. The molecule has 1 heterocycles. The summed E-state index contributed by atoms with van der Waals surface area (Å²) >= 11 is 7.20. The van der Waals surface area contributed by atoms with Crippen LogP contribution in [-0.4, -0.2) is 18.2 Å².